The second kappa shape index (κ2) is 7.66. The maximum absolute atomic E-state index is 12.3. The summed E-state index contributed by atoms with van der Waals surface area (Å²) in [6.07, 6.45) is 0. The molecule has 0 saturated carbocycles. The summed E-state index contributed by atoms with van der Waals surface area (Å²) in [6.45, 7) is 1.82. The Kier molecular flexibility index (Phi) is 5.12. The number of esters is 1. The van der Waals surface area contributed by atoms with E-state index in [9.17, 15) is 25.0 Å². The summed E-state index contributed by atoms with van der Waals surface area (Å²) in [5.41, 5.74) is 1.71. The van der Waals surface area contributed by atoms with Crippen LogP contribution in [0.25, 0.3) is 22.4 Å². The van der Waals surface area contributed by atoms with E-state index in [0.717, 1.165) is 0 Å². The smallest absolute Gasteiger partial charge is 0.357 e. The lowest BCUT2D eigenvalue weighted by Crippen LogP contribution is -2.06. The number of rotatable bonds is 6. The number of non-ortho nitro benzene ring substituents is 2. The van der Waals surface area contributed by atoms with Crippen LogP contribution in [0.15, 0.2) is 48.5 Å². The summed E-state index contributed by atoms with van der Waals surface area (Å²) in [5.74, 6) is -0.628. The van der Waals surface area contributed by atoms with E-state index in [1.54, 1.807) is 6.92 Å². The standard InChI is InChI=1S/C18H14N4O6/c1-2-28-18(23)17-15(11-3-7-13(8-4-11)21(24)25)16(19-20-17)12-5-9-14(10-6-12)22(26)27/h3-10H,2H2,1H3,(H,19,20). The highest BCUT2D eigenvalue weighted by atomic mass is 16.6. The van der Waals surface area contributed by atoms with E-state index in [2.05, 4.69) is 10.2 Å². The lowest BCUT2D eigenvalue weighted by molar-refractivity contribution is -0.385. The van der Waals surface area contributed by atoms with Gasteiger partial charge in [0.05, 0.1) is 16.5 Å². The van der Waals surface area contributed by atoms with Crippen LogP contribution in [0.4, 0.5) is 11.4 Å². The minimum absolute atomic E-state index is 0.0817. The first kappa shape index (κ1) is 18.7. The van der Waals surface area contributed by atoms with Crippen molar-refractivity contribution in [3.8, 4) is 22.4 Å². The number of nitro benzene ring substituents is 2. The third-order valence-corrected chi connectivity index (χ3v) is 3.96. The molecule has 3 rings (SSSR count). The number of hydrogen-bond donors (Lipinski definition) is 1. The number of aromatic nitrogens is 2. The Bertz CT molecular complexity index is 1040. The minimum Gasteiger partial charge on any atom is -0.461 e. The van der Waals surface area contributed by atoms with Gasteiger partial charge in [-0.2, -0.15) is 5.10 Å². The summed E-state index contributed by atoms with van der Waals surface area (Å²) in [7, 11) is 0. The van der Waals surface area contributed by atoms with Gasteiger partial charge in [-0.1, -0.05) is 0 Å². The van der Waals surface area contributed by atoms with Gasteiger partial charge in [-0.25, -0.2) is 4.79 Å². The fourth-order valence-corrected chi connectivity index (χ4v) is 2.67. The molecule has 1 aromatic heterocycles. The molecule has 0 fully saturated rings. The Labute approximate surface area is 158 Å². The normalized spacial score (nSPS) is 10.5. The predicted molar refractivity (Wildman–Crippen MR) is 98.7 cm³/mol. The average molecular weight is 382 g/mol. The molecule has 0 unspecified atom stereocenters. The first-order valence-corrected chi connectivity index (χ1v) is 8.17. The van der Waals surface area contributed by atoms with Crippen molar-refractivity contribution in [2.75, 3.05) is 6.61 Å². The minimum atomic E-state index is -0.628. The number of nitrogens with one attached hydrogen (secondary N) is 1. The summed E-state index contributed by atoms with van der Waals surface area (Å²) in [6, 6.07) is 11.3. The van der Waals surface area contributed by atoms with Crippen molar-refractivity contribution in [3.05, 3.63) is 74.5 Å². The van der Waals surface area contributed by atoms with E-state index in [0.29, 0.717) is 22.4 Å². The lowest BCUT2D eigenvalue weighted by Gasteiger charge is -2.06. The summed E-state index contributed by atoms with van der Waals surface area (Å²) in [5, 5.41) is 28.6. The van der Waals surface area contributed by atoms with E-state index in [-0.39, 0.29) is 23.7 Å². The molecule has 0 spiro atoms. The Balaban J connectivity index is 2.14. The molecule has 3 aromatic rings. The zero-order valence-corrected chi connectivity index (χ0v) is 14.6. The van der Waals surface area contributed by atoms with Crippen molar-refractivity contribution in [1.82, 2.24) is 10.2 Å². The number of nitro groups is 2. The zero-order valence-electron chi connectivity index (χ0n) is 14.6. The topological polar surface area (TPSA) is 141 Å². The van der Waals surface area contributed by atoms with Gasteiger partial charge in [0.15, 0.2) is 5.69 Å². The number of carbonyl (C=O) groups is 1. The molecule has 10 nitrogen and oxygen atoms in total. The third-order valence-electron chi connectivity index (χ3n) is 3.96. The maximum Gasteiger partial charge on any atom is 0.357 e. The highest BCUT2D eigenvalue weighted by molar-refractivity contribution is 6.00. The number of aromatic amines is 1. The maximum atomic E-state index is 12.3. The van der Waals surface area contributed by atoms with Gasteiger partial charge in [0.2, 0.25) is 0 Å². The fourth-order valence-electron chi connectivity index (χ4n) is 2.67. The zero-order chi connectivity index (χ0) is 20.3. The molecule has 1 N–H and O–H groups in total. The van der Waals surface area contributed by atoms with E-state index in [1.807, 2.05) is 0 Å². The third kappa shape index (κ3) is 3.56. The Hall–Kier alpha value is -4.08. The molecule has 0 aliphatic carbocycles. The van der Waals surface area contributed by atoms with Crippen LogP contribution >= 0.6 is 0 Å². The highest BCUT2D eigenvalue weighted by Crippen LogP contribution is 2.35. The summed E-state index contributed by atoms with van der Waals surface area (Å²) in [4.78, 5) is 33.0. The van der Waals surface area contributed by atoms with E-state index >= 15 is 0 Å². The van der Waals surface area contributed by atoms with E-state index < -0.39 is 15.8 Å². The molecule has 0 amide bonds. The molecule has 0 bridgehead atoms. The van der Waals surface area contributed by atoms with Crippen LogP contribution in [0.3, 0.4) is 0 Å². The fraction of sp³-hybridized carbons (Fsp3) is 0.111. The molecule has 142 valence electrons. The molecule has 0 radical (unpaired) electrons. The van der Waals surface area contributed by atoms with Gasteiger partial charge in [0, 0.05) is 35.4 Å². The first-order chi connectivity index (χ1) is 13.4. The van der Waals surface area contributed by atoms with Gasteiger partial charge >= 0.3 is 5.97 Å². The largest absolute Gasteiger partial charge is 0.461 e. The van der Waals surface area contributed by atoms with E-state index in [4.69, 9.17) is 4.74 Å². The van der Waals surface area contributed by atoms with Crippen LogP contribution < -0.4 is 0 Å². The van der Waals surface area contributed by atoms with E-state index in [1.165, 1.54) is 48.5 Å². The van der Waals surface area contributed by atoms with Gasteiger partial charge in [0.1, 0.15) is 5.69 Å². The van der Waals surface area contributed by atoms with Gasteiger partial charge in [-0.3, -0.25) is 25.3 Å². The van der Waals surface area contributed by atoms with Crippen LogP contribution in [-0.2, 0) is 4.74 Å². The van der Waals surface area contributed by atoms with Crippen LogP contribution in [0.5, 0.6) is 0 Å². The number of ether oxygens (including phenoxy) is 1. The molecule has 10 heteroatoms. The van der Waals surface area contributed by atoms with Crippen LogP contribution in [0.2, 0.25) is 0 Å². The molecule has 2 aromatic carbocycles. The number of carbonyl (C=O) groups excluding carboxylic acids is 1. The number of nitrogens with zero attached hydrogens (tertiary/aromatic N) is 3. The summed E-state index contributed by atoms with van der Waals surface area (Å²) >= 11 is 0. The average Bonchev–Trinajstić information content (AvgIpc) is 3.13. The van der Waals surface area contributed by atoms with Crippen LogP contribution in [0.1, 0.15) is 17.4 Å². The van der Waals surface area contributed by atoms with Gasteiger partial charge in [-0.15, -0.1) is 0 Å². The van der Waals surface area contributed by atoms with Gasteiger partial charge in [-0.05, 0) is 36.8 Å². The predicted octanol–water partition coefficient (Wildman–Crippen LogP) is 3.74. The Morgan fingerprint density at radius 1 is 0.964 bits per heavy atom. The van der Waals surface area contributed by atoms with Gasteiger partial charge in [0.25, 0.3) is 11.4 Å². The molecule has 0 aliphatic rings. The molecule has 0 atom stereocenters. The van der Waals surface area contributed by atoms with Crippen molar-refractivity contribution in [2.45, 2.75) is 6.92 Å². The highest BCUT2D eigenvalue weighted by Gasteiger charge is 2.23. The Morgan fingerprint density at radius 3 is 1.93 bits per heavy atom. The number of benzene rings is 2. The summed E-state index contributed by atoms with van der Waals surface area (Å²) < 4.78 is 5.04. The van der Waals surface area contributed by atoms with Crippen molar-refractivity contribution in [3.63, 3.8) is 0 Å². The van der Waals surface area contributed by atoms with Crippen molar-refractivity contribution >= 4 is 17.3 Å². The molecule has 0 saturated heterocycles. The molecule has 28 heavy (non-hydrogen) atoms. The lowest BCUT2D eigenvalue weighted by atomic mass is 9.98. The van der Waals surface area contributed by atoms with Crippen molar-refractivity contribution in [1.29, 1.82) is 0 Å². The number of H-pyrrole nitrogens is 1. The monoisotopic (exact) mass is 382 g/mol. The van der Waals surface area contributed by atoms with Crippen LogP contribution in [0, 0.1) is 20.2 Å². The second-order valence-corrected chi connectivity index (χ2v) is 5.65. The van der Waals surface area contributed by atoms with Gasteiger partial charge < -0.3 is 4.74 Å². The molecule has 1 heterocycles. The van der Waals surface area contributed by atoms with Crippen molar-refractivity contribution in [2.24, 2.45) is 0 Å². The second-order valence-electron chi connectivity index (χ2n) is 5.65. The molecular weight excluding hydrogens is 368 g/mol. The molecule has 0 aliphatic heterocycles. The quantitative estimate of drug-likeness (QED) is 0.389. The van der Waals surface area contributed by atoms with Crippen molar-refractivity contribution < 1.29 is 19.4 Å². The SMILES string of the molecule is CCOC(=O)c1[nH]nc(-c2ccc([N+](=O)[O-])cc2)c1-c1ccc([N+](=O)[O-])cc1. The first-order valence-electron chi connectivity index (χ1n) is 8.17. The van der Waals surface area contributed by atoms with Crippen LogP contribution in [-0.4, -0.2) is 32.6 Å². The Morgan fingerprint density at radius 2 is 1.46 bits per heavy atom. The number of hydrogen-bond acceptors (Lipinski definition) is 7. The molecular formula is C18H14N4O6.